The van der Waals surface area contributed by atoms with Crippen LogP contribution < -0.4 is 5.32 Å². The van der Waals surface area contributed by atoms with Gasteiger partial charge in [0, 0.05) is 19.7 Å². The van der Waals surface area contributed by atoms with E-state index in [4.69, 9.17) is 0 Å². The summed E-state index contributed by atoms with van der Waals surface area (Å²) < 4.78 is 3.74. The fraction of sp³-hybridized carbons (Fsp3) is 0.455. The van der Waals surface area contributed by atoms with E-state index in [9.17, 15) is 0 Å². The number of rotatable bonds is 3. The third kappa shape index (κ3) is 1.93. The van der Waals surface area contributed by atoms with E-state index in [0.29, 0.717) is 0 Å². The third-order valence-corrected chi connectivity index (χ3v) is 2.66. The molecule has 0 saturated heterocycles. The van der Waals surface area contributed by atoms with Crippen LogP contribution in [0.5, 0.6) is 0 Å². The number of aromatic nitrogens is 4. The summed E-state index contributed by atoms with van der Waals surface area (Å²) in [4.78, 5) is 0. The van der Waals surface area contributed by atoms with Gasteiger partial charge in [-0.25, -0.2) is 0 Å². The van der Waals surface area contributed by atoms with E-state index in [1.807, 2.05) is 43.5 Å². The number of hydrogen-bond acceptors (Lipinski definition) is 3. The van der Waals surface area contributed by atoms with Crippen LogP contribution in [0.2, 0.25) is 0 Å². The van der Waals surface area contributed by atoms with Crippen LogP contribution in [0, 0.1) is 13.8 Å². The summed E-state index contributed by atoms with van der Waals surface area (Å²) >= 11 is 0. The summed E-state index contributed by atoms with van der Waals surface area (Å²) in [5, 5.41) is 11.9. The number of aryl methyl sites for hydroxylation is 4. The number of nitrogens with one attached hydrogen (secondary N) is 1. The first-order chi connectivity index (χ1) is 7.58. The first kappa shape index (κ1) is 10.7. The Morgan fingerprint density at radius 3 is 2.50 bits per heavy atom. The predicted molar refractivity (Wildman–Crippen MR) is 63.2 cm³/mol. The molecule has 86 valence electrons. The largest absolute Gasteiger partial charge is 0.364 e. The molecule has 5 nitrogen and oxygen atoms in total. The topological polar surface area (TPSA) is 47.7 Å². The molecule has 2 rings (SSSR count). The van der Waals surface area contributed by atoms with Crippen LogP contribution >= 0.6 is 0 Å². The van der Waals surface area contributed by atoms with Crippen molar-refractivity contribution in [2.24, 2.45) is 14.1 Å². The molecule has 0 aliphatic heterocycles. The average molecular weight is 219 g/mol. The van der Waals surface area contributed by atoms with Crippen molar-refractivity contribution in [3.63, 3.8) is 0 Å². The Kier molecular flexibility index (Phi) is 2.68. The molecule has 0 spiro atoms. The first-order valence-corrected chi connectivity index (χ1v) is 5.30. The van der Waals surface area contributed by atoms with Gasteiger partial charge >= 0.3 is 0 Å². The highest BCUT2D eigenvalue weighted by molar-refractivity contribution is 5.43. The zero-order valence-electron chi connectivity index (χ0n) is 10.2. The fourth-order valence-corrected chi connectivity index (χ4v) is 1.81. The lowest BCUT2D eigenvalue weighted by Crippen LogP contribution is -2.09. The highest BCUT2D eigenvalue weighted by atomic mass is 15.3. The van der Waals surface area contributed by atoms with Crippen molar-refractivity contribution in [3.8, 4) is 0 Å². The molecule has 0 aromatic carbocycles. The van der Waals surface area contributed by atoms with Gasteiger partial charge < -0.3 is 5.32 Å². The highest BCUT2D eigenvalue weighted by Gasteiger charge is 2.06. The molecule has 0 aliphatic rings. The quantitative estimate of drug-likeness (QED) is 0.848. The van der Waals surface area contributed by atoms with E-state index in [2.05, 4.69) is 21.6 Å². The lowest BCUT2D eigenvalue weighted by Gasteiger charge is -2.07. The van der Waals surface area contributed by atoms with Gasteiger partial charge in [-0.1, -0.05) is 0 Å². The van der Waals surface area contributed by atoms with Crippen LogP contribution in [0.25, 0.3) is 0 Å². The summed E-state index contributed by atoms with van der Waals surface area (Å²) in [6, 6.07) is 2.08. The lowest BCUT2D eigenvalue weighted by atomic mass is 10.3. The van der Waals surface area contributed by atoms with Gasteiger partial charge in [0.25, 0.3) is 0 Å². The highest BCUT2D eigenvalue weighted by Crippen LogP contribution is 2.13. The lowest BCUT2D eigenvalue weighted by molar-refractivity contribution is 0.707. The molecular formula is C11H17N5. The molecule has 0 unspecified atom stereocenters. The molecule has 0 atom stereocenters. The first-order valence-electron chi connectivity index (χ1n) is 5.30. The van der Waals surface area contributed by atoms with Gasteiger partial charge in [0.2, 0.25) is 0 Å². The summed E-state index contributed by atoms with van der Waals surface area (Å²) in [6.07, 6.45) is 1.86. The molecule has 0 bridgehead atoms. The Balaban J connectivity index is 2.11. The fourth-order valence-electron chi connectivity index (χ4n) is 1.81. The maximum absolute atomic E-state index is 4.31. The van der Waals surface area contributed by atoms with Crippen LogP contribution in [0.15, 0.2) is 12.3 Å². The predicted octanol–water partition coefficient (Wildman–Crippen LogP) is 1.38. The second-order valence-electron chi connectivity index (χ2n) is 4.05. The molecule has 2 aromatic rings. The van der Waals surface area contributed by atoms with E-state index in [-0.39, 0.29) is 0 Å². The zero-order chi connectivity index (χ0) is 11.7. The maximum Gasteiger partial charge on any atom is 0.127 e. The minimum absolute atomic E-state index is 0.762. The van der Waals surface area contributed by atoms with Crippen molar-refractivity contribution >= 4 is 5.82 Å². The van der Waals surface area contributed by atoms with Crippen LogP contribution in [-0.2, 0) is 20.6 Å². The van der Waals surface area contributed by atoms with Gasteiger partial charge in [-0.2, -0.15) is 10.2 Å². The maximum atomic E-state index is 4.31. The Morgan fingerprint density at radius 1 is 1.25 bits per heavy atom. The Morgan fingerprint density at radius 2 is 2.00 bits per heavy atom. The third-order valence-electron chi connectivity index (χ3n) is 2.66. The van der Waals surface area contributed by atoms with E-state index >= 15 is 0 Å². The molecule has 0 saturated carbocycles. The van der Waals surface area contributed by atoms with E-state index in [0.717, 1.165) is 29.3 Å². The smallest absolute Gasteiger partial charge is 0.127 e. The van der Waals surface area contributed by atoms with Crippen LogP contribution in [0.4, 0.5) is 5.82 Å². The zero-order valence-corrected chi connectivity index (χ0v) is 10.2. The van der Waals surface area contributed by atoms with Gasteiger partial charge in [0.05, 0.1) is 24.1 Å². The minimum Gasteiger partial charge on any atom is -0.364 e. The van der Waals surface area contributed by atoms with Crippen molar-refractivity contribution in [2.75, 3.05) is 5.32 Å². The molecular weight excluding hydrogens is 202 g/mol. The van der Waals surface area contributed by atoms with Gasteiger partial charge in [-0.3, -0.25) is 9.36 Å². The van der Waals surface area contributed by atoms with Gasteiger partial charge in [-0.05, 0) is 19.9 Å². The van der Waals surface area contributed by atoms with Gasteiger partial charge in [0.15, 0.2) is 0 Å². The van der Waals surface area contributed by atoms with Crippen molar-refractivity contribution in [3.05, 3.63) is 29.2 Å². The second-order valence-corrected chi connectivity index (χ2v) is 4.05. The molecule has 0 radical (unpaired) electrons. The Bertz CT molecular complexity index is 475. The molecule has 5 heteroatoms. The van der Waals surface area contributed by atoms with Crippen LogP contribution in [-0.4, -0.2) is 19.6 Å². The van der Waals surface area contributed by atoms with Crippen molar-refractivity contribution in [2.45, 2.75) is 20.4 Å². The summed E-state index contributed by atoms with van der Waals surface area (Å²) in [6.45, 7) is 4.81. The van der Waals surface area contributed by atoms with Crippen molar-refractivity contribution in [1.82, 2.24) is 19.6 Å². The molecule has 0 aliphatic carbocycles. The van der Waals surface area contributed by atoms with Gasteiger partial charge in [0.1, 0.15) is 5.82 Å². The monoisotopic (exact) mass is 219 g/mol. The van der Waals surface area contributed by atoms with E-state index < -0.39 is 0 Å². The summed E-state index contributed by atoms with van der Waals surface area (Å²) in [5.41, 5.74) is 3.36. The summed E-state index contributed by atoms with van der Waals surface area (Å²) in [7, 11) is 3.89. The molecule has 2 heterocycles. The SMILES string of the molecule is Cc1cc(CNc2c(C)cnn2C)n(C)n1. The Labute approximate surface area is 95.1 Å². The average Bonchev–Trinajstić information content (AvgIpc) is 2.69. The molecule has 0 fully saturated rings. The molecule has 0 amide bonds. The number of nitrogens with zero attached hydrogens (tertiary/aromatic N) is 4. The number of hydrogen-bond donors (Lipinski definition) is 1. The molecule has 16 heavy (non-hydrogen) atoms. The summed E-state index contributed by atoms with van der Waals surface area (Å²) in [5.74, 6) is 1.05. The van der Waals surface area contributed by atoms with E-state index in [1.165, 1.54) is 0 Å². The van der Waals surface area contributed by atoms with E-state index in [1.54, 1.807) is 0 Å². The normalized spacial score (nSPS) is 10.8. The van der Waals surface area contributed by atoms with Crippen molar-refractivity contribution in [1.29, 1.82) is 0 Å². The minimum atomic E-state index is 0.762. The Hall–Kier alpha value is -1.78. The number of anilines is 1. The molecule has 2 aromatic heterocycles. The standard InChI is InChI=1S/C11H17N5/c1-8-6-13-16(4)11(8)12-7-10-5-9(2)14-15(10)3/h5-6,12H,7H2,1-4H3. The van der Waals surface area contributed by atoms with Gasteiger partial charge in [-0.15, -0.1) is 0 Å². The van der Waals surface area contributed by atoms with Crippen LogP contribution in [0.1, 0.15) is 17.0 Å². The van der Waals surface area contributed by atoms with Crippen LogP contribution in [0.3, 0.4) is 0 Å². The van der Waals surface area contributed by atoms with Crippen molar-refractivity contribution < 1.29 is 0 Å². The molecule has 1 N–H and O–H groups in total. The second kappa shape index (κ2) is 4.00.